The van der Waals surface area contributed by atoms with Crippen molar-refractivity contribution < 1.29 is 4.79 Å². The van der Waals surface area contributed by atoms with Crippen LogP contribution in [0.2, 0.25) is 5.02 Å². The molecular formula is C17H13ClN2O. The highest BCUT2D eigenvalue weighted by molar-refractivity contribution is 6.32. The van der Waals surface area contributed by atoms with Crippen molar-refractivity contribution in [3.63, 3.8) is 0 Å². The third-order valence-electron chi connectivity index (χ3n) is 3.22. The van der Waals surface area contributed by atoms with Gasteiger partial charge in [-0.1, -0.05) is 41.9 Å². The Morgan fingerprint density at radius 2 is 1.86 bits per heavy atom. The van der Waals surface area contributed by atoms with Crippen LogP contribution in [0.5, 0.6) is 0 Å². The molecule has 1 amide bonds. The lowest BCUT2D eigenvalue weighted by Crippen LogP contribution is -2.21. The fourth-order valence-corrected chi connectivity index (χ4v) is 2.39. The molecule has 0 bridgehead atoms. The number of rotatable bonds is 2. The van der Waals surface area contributed by atoms with Gasteiger partial charge < -0.3 is 0 Å². The number of carbonyl (C=O) groups is 1. The van der Waals surface area contributed by atoms with Gasteiger partial charge in [-0.2, -0.15) is 10.1 Å². The number of hydrogen-bond acceptors (Lipinski definition) is 2. The number of hydrazone groups is 1. The molecule has 0 radical (unpaired) electrons. The highest BCUT2D eigenvalue weighted by atomic mass is 35.5. The molecule has 0 saturated carbocycles. The molecule has 0 saturated heterocycles. The van der Waals surface area contributed by atoms with E-state index in [2.05, 4.69) is 5.10 Å². The van der Waals surface area contributed by atoms with Crippen LogP contribution in [0.3, 0.4) is 0 Å². The van der Waals surface area contributed by atoms with Crippen LogP contribution < -0.4 is 5.01 Å². The molecular weight excluding hydrogens is 284 g/mol. The van der Waals surface area contributed by atoms with Gasteiger partial charge in [-0.05, 0) is 42.8 Å². The van der Waals surface area contributed by atoms with Gasteiger partial charge in [-0.3, -0.25) is 4.79 Å². The van der Waals surface area contributed by atoms with Crippen LogP contribution in [-0.2, 0) is 4.79 Å². The van der Waals surface area contributed by atoms with Crippen LogP contribution in [0.4, 0.5) is 5.69 Å². The third kappa shape index (κ3) is 2.73. The zero-order chi connectivity index (χ0) is 14.8. The quantitative estimate of drug-likeness (QED) is 0.766. The molecule has 1 aliphatic rings. The van der Waals surface area contributed by atoms with Crippen LogP contribution in [0.1, 0.15) is 12.5 Å². The fourth-order valence-electron chi connectivity index (χ4n) is 2.19. The molecule has 1 heterocycles. The summed E-state index contributed by atoms with van der Waals surface area (Å²) in [6.07, 6.45) is 1.82. The number of anilines is 1. The second kappa shape index (κ2) is 5.54. The predicted octanol–water partition coefficient (Wildman–Crippen LogP) is 4.15. The number of carbonyl (C=O) groups excluding carboxylic acids is 1. The highest BCUT2D eigenvalue weighted by Crippen LogP contribution is 2.25. The lowest BCUT2D eigenvalue weighted by Gasteiger charge is -2.11. The van der Waals surface area contributed by atoms with E-state index in [4.69, 9.17) is 11.6 Å². The fraction of sp³-hybridized carbons (Fsp3) is 0.0588. The zero-order valence-corrected chi connectivity index (χ0v) is 12.2. The molecule has 0 N–H and O–H groups in total. The molecule has 1 aliphatic heterocycles. The minimum atomic E-state index is -0.126. The molecule has 104 valence electrons. The Kier molecular flexibility index (Phi) is 3.59. The maximum Gasteiger partial charge on any atom is 0.280 e. The first-order chi connectivity index (χ1) is 10.1. The number of nitrogens with zero attached hydrogens (tertiary/aromatic N) is 2. The summed E-state index contributed by atoms with van der Waals surface area (Å²) in [7, 11) is 0. The van der Waals surface area contributed by atoms with E-state index < -0.39 is 0 Å². The molecule has 3 nitrogen and oxygen atoms in total. The second-order valence-electron chi connectivity index (χ2n) is 4.75. The molecule has 21 heavy (non-hydrogen) atoms. The lowest BCUT2D eigenvalue weighted by atomic mass is 10.1. The summed E-state index contributed by atoms with van der Waals surface area (Å²) in [6.45, 7) is 1.83. The van der Waals surface area contributed by atoms with Gasteiger partial charge in [0.2, 0.25) is 0 Å². The second-order valence-corrected chi connectivity index (χ2v) is 5.19. The molecule has 0 aromatic heterocycles. The van der Waals surface area contributed by atoms with E-state index in [1.54, 1.807) is 6.07 Å². The summed E-state index contributed by atoms with van der Waals surface area (Å²) in [6, 6.07) is 16.8. The number of halogens is 1. The van der Waals surface area contributed by atoms with Crippen molar-refractivity contribution in [2.45, 2.75) is 6.92 Å². The minimum Gasteiger partial charge on any atom is -0.267 e. The minimum absolute atomic E-state index is 0.126. The summed E-state index contributed by atoms with van der Waals surface area (Å²) >= 11 is 5.97. The molecule has 0 atom stereocenters. The van der Waals surface area contributed by atoms with Crippen LogP contribution in [-0.4, -0.2) is 11.6 Å². The first-order valence-corrected chi connectivity index (χ1v) is 6.95. The zero-order valence-electron chi connectivity index (χ0n) is 11.5. The Bertz CT molecular complexity index is 750. The van der Waals surface area contributed by atoms with Crippen molar-refractivity contribution in [2.24, 2.45) is 5.10 Å². The van der Waals surface area contributed by atoms with Gasteiger partial charge in [0.15, 0.2) is 0 Å². The Labute approximate surface area is 128 Å². The summed E-state index contributed by atoms with van der Waals surface area (Å²) in [4.78, 5) is 12.5. The van der Waals surface area contributed by atoms with Crippen molar-refractivity contribution in [2.75, 3.05) is 5.01 Å². The number of hydrogen-bond donors (Lipinski definition) is 0. The molecule has 4 heteroatoms. The molecule has 2 aromatic carbocycles. The molecule has 2 aromatic rings. The van der Waals surface area contributed by atoms with Gasteiger partial charge in [-0.15, -0.1) is 0 Å². The average Bonchev–Trinajstić information content (AvgIpc) is 2.76. The third-order valence-corrected chi connectivity index (χ3v) is 3.46. The molecule has 0 spiro atoms. The molecule has 0 aliphatic carbocycles. The van der Waals surface area contributed by atoms with E-state index >= 15 is 0 Å². The standard InChI is InChI=1S/C17H13ClN2O/c1-12-16(11-13-6-5-7-14(18)10-13)17(21)20(19-12)15-8-3-2-4-9-15/h2-11H,1H3. The summed E-state index contributed by atoms with van der Waals surface area (Å²) in [5.41, 5.74) is 2.93. The summed E-state index contributed by atoms with van der Waals surface area (Å²) in [5, 5.41) is 6.40. The molecule has 3 rings (SSSR count). The van der Waals surface area contributed by atoms with Crippen LogP contribution in [0.15, 0.2) is 65.3 Å². The Morgan fingerprint density at radius 1 is 1.10 bits per heavy atom. The van der Waals surface area contributed by atoms with Crippen LogP contribution in [0, 0.1) is 0 Å². The van der Waals surface area contributed by atoms with Gasteiger partial charge in [-0.25, -0.2) is 0 Å². The van der Waals surface area contributed by atoms with Gasteiger partial charge in [0.1, 0.15) is 0 Å². The lowest BCUT2D eigenvalue weighted by molar-refractivity contribution is -0.114. The summed E-state index contributed by atoms with van der Waals surface area (Å²) in [5.74, 6) is -0.126. The first kappa shape index (κ1) is 13.6. The average molecular weight is 297 g/mol. The molecule has 0 unspecified atom stereocenters. The van der Waals surface area contributed by atoms with E-state index in [-0.39, 0.29) is 5.91 Å². The summed E-state index contributed by atoms with van der Waals surface area (Å²) < 4.78 is 0. The van der Waals surface area contributed by atoms with Crippen molar-refractivity contribution in [3.8, 4) is 0 Å². The van der Waals surface area contributed by atoms with E-state index in [1.165, 1.54) is 5.01 Å². The van der Waals surface area contributed by atoms with E-state index in [0.717, 1.165) is 11.3 Å². The maximum atomic E-state index is 12.5. The number of amides is 1. The maximum absolute atomic E-state index is 12.5. The Morgan fingerprint density at radius 3 is 2.57 bits per heavy atom. The Balaban J connectivity index is 1.96. The number of benzene rings is 2. The predicted molar refractivity (Wildman–Crippen MR) is 86.5 cm³/mol. The number of para-hydroxylation sites is 1. The van der Waals surface area contributed by atoms with E-state index in [9.17, 15) is 4.79 Å². The van der Waals surface area contributed by atoms with Crippen LogP contribution in [0.25, 0.3) is 6.08 Å². The van der Waals surface area contributed by atoms with E-state index in [0.29, 0.717) is 16.3 Å². The van der Waals surface area contributed by atoms with Gasteiger partial charge >= 0.3 is 0 Å². The SMILES string of the molecule is CC1=NN(c2ccccc2)C(=O)C1=Cc1cccc(Cl)c1. The molecule has 0 fully saturated rings. The topological polar surface area (TPSA) is 32.7 Å². The monoisotopic (exact) mass is 296 g/mol. The van der Waals surface area contributed by atoms with Crippen molar-refractivity contribution >= 4 is 35.0 Å². The normalized spacial score (nSPS) is 16.5. The Hall–Kier alpha value is -2.39. The van der Waals surface area contributed by atoms with E-state index in [1.807, 2.05) is 61.5 Å². The van der Waals surface area contributed by atoms with Crippen molar-refractivity contribution in [3.05, 3.63) is 70.8 Å². The first-order valence-electron chi connectivity index (χ1n) is 6.57. The highest BCUT2D eigenvalue weighted by Gasteiger charge is 2.28. The smallest absolute Gasteiger partial charge is 0.267 e. The van der Waals surface area contributed by atoms with Crippen molar-refractivity contribution in [1.82, 2.24) is 0 Å². The van der Waals surface area contributed by atoms with Gasteiger partial charge in [0.05, 0.1) is 17.0 Å². The van der Waals surface area contributed by atoms with Crippen LogP contribution >= 0.6 is 11.6 Å². The van der Waals surface area contributed by atoms with Gasteiger partial charge in [0, 0.05) is 5.02 Å². The van der Waals surface area contributed by atoms with Crippen molar-refractivity contribution in [1.29, 1.82) is 0 Å². The van der Waals surface area contributed by atoms with Gasteiger partial charge in [0.25, 0.3) is 5.91 Å². The largest absolute Gasteiger partial charge is 0.280 e.